The van der Waals surface area contributed by atoms with Gasteiger partial charge in [0.2, 0.25) is 0 Å². The maximum absolute atomic E-state index is 10.1. The average molecular weight is 247 g/mol. The van der Waals surface area contributed by atoms with E-state index in [0.717, 1.165) is 23.9 Å². The minimum Gasteiger partial charge on any atom is -0.504 e. The first-order valence-electron chi connectivity index (χ1n) is 6.85. The summed E-state index contributed by atoms with van der Waals surface area (Å²) in [5, 5.41) is 10.1. The van der Waals surface area contributed by atoms with Gasteiger partial charge in [0.25, 0.3) is 0 Å². The van der Waals surface area contributed by atoms with Gasteiger partial charge in [-0.05, 0) is 30.7 Å². The van der Waals surface area contributed by atoms with Crippen LogP contribution in [0.5, 0.6) is 11.5 Å². The van der Waals surface area contributed by atoms with Crippen LogP contribution in [0.25, 0.3) is 0 Å². The molecule has 18 heavy (non-hydrogen) atoms. The Kier molecular flexibility index (Phi) is 3.16. The smallest absolute Gasteiger partial charge is 0.162 e. The van der Waals surface area contributed by atoms with Gasteiger partial charge in [0.15, 0.2) is 11.5 Å². The molecule has 0 spiro atoms. The van der Waals surface area contributed by atoms with Crippen LogP contribution in [0.2, 0.25) is 0 Å². The summed E-state index contributed by atoms with van der Waals surface area (Å²) < 4.78 is 5.16. The Morgan fingerprint density at radius 2 is 2.00 bits per heavy atom. The molecule has 1 N–H and O–H groups in total. The third kappa shape index (κ3) is 2.07. The van der Waals surface area contributed by atoms with Crippen molar-refractivity contribution in [1.82, 2.24) is 4.90 Å². The van der Waals surface area contributed by atoms with Crippen molar-refractivity contribution < 1.29 is 9.84 Å². The summed E-state index contributed by atoms with van der Waals surface area (Å²) in [6.45, 7) is 3.23. The summed E-state index contributed by atoms with van der Waals surface area (Å²) >= 11 is 0. The second-order valence-corrected chi connectivity index (χ2v) is 5.61. The fourth-order valence-electron chi connectivity index (χ4n) is 3.56. The summed E-state index contributed by atoms with van der Waals surface area (Å²) in [6, 6.07) is 5.74. The summed E-state index contributed by atoms with van der Waals surface area (Å²) in [4.78, 5) is 2.48. The van der Waals surface area contributed by atoms with Crippen LogP contribution >= 0.6 is 0 Å². The molecule has 1 saturated heterocycles. The number of benzene rings is 1. The van der Waals surface area contributed by atoms with Gasteiger partial charge in [0, 0.05) is 25.2 Å². The highest BCUT2D eigenvalue weighted by atomic mass is 16.5. The molecule has 1 aliphatic heterocycles. The Morgan fingerprint density at radius 3 is 2.67 bits per heavy atom. The number of phenolic OH excluding ortho intramolecular Hbond substituents is 1. The summed E-state index contributed by atoms with van der Waals surface area (Å²) in [7, 11) is 1.60. The van der Waals surface area contributed by atoms with Gasteiger partial charge in [0.1, 0.15) is 0 Å². The predicted octanol–water partition coefficient (Wildman–Crippen LogP) is 2.63. The number of aromatic hydroxyl groups is 1. The van der Waals surface area contributed by atoms with Crippen molar-refractivity contribution in [2.24, 2.45) is 11.8 Å². The van der Waals surface area contributed by atoms with Crippen molar-refractivity contribution in [2.75, 3.05) is 20.2 Å². The number of hydrogen-bond acceptors (Lipinski definition) is 3. The Labute approximate surface area is 108 Å². The number of nitrogens with zero attached hydrogens (tertiary/aromatic N) is 1. The number of rotatable bonds is 3. The van der Waals surface area contributed by atoms with Gasteiger partial charge < -0.3 is 9.84 Å². The van der Waals surface area contributed by atoms with Crippen LogP contribution in [0, 0.1) is 11.8 Å². The van der Waals surface area contributed by atoms with E-state index in [9.17, 15) is 5.11 Å². The normalized spacial score (nSPS) is 27.4. The molecule has 1 aliphatic carbocycles. The van der Waals surface area contributed by atoms with Crippen LogP contribution in [-0.2, 0) is 6.54 Å². The highest BCUT2D eigenvalue weighted by Gasteiger charge is 2.35. The molecule has 0 bridgehead atoms. The first-order valence-corrected chi connectivity index (χ1v) is 6.85. The molecule has 98 valence electrons. The minimum atomic E-state index is 0.303. The molecule has 3 heteroatoms. The van der Waals surface area contributed by atoms with Crippen molar-refractivity contribution in [3.63, 3.8) is 0 Å². The molecule has 3 nitrogen and oxygen atoms in total. The van der Waals surface area contributed by atoms with Gasteiger partial charge in [-0.1, -0.05) is 18.6 Å². The molecule has 2 unspecified atom stereocenters. The number of phenols is 1. The molecule has 2 fully saturated rings. The molecule has 1 aromatic carbocycles. The van der Waals surface area contributed by atoms with Crippen LogP contribution < -0.4 is 4.74 Å². The molecule has 0 aromatic heterocycles. The third-order valence-corrected chi connectivity index (χ3v) is 4.50. The van der Waals surface area contributed by atoms with Crippen LogP contribution in [0.4, 0.5) is 0 Å². The van der Waals surface area contributed by atoms with Crippen molar-refractivity contribution in [3.8, 4) is 11.5 Å². The van der Waals surface area contributed by atoms with E-state index < -0.39 is 0 Å². The van der Waals surface area contributed by atoms with E-state index in [1.807, 2.05) is 12.1 Å². The van der Waals surface area contributed by atoms with Gasteiger partial charge in [-0.2, -0.15) is 0 Å². The first-order chi connectivity index (χ1) is 8.78. The second kappa shape index (κ2) is 4.81. The maximum Gasteiger partial charge on any atom is 0.162 e. The average Bonchev–Trinajstić information content (AvgIpc) is 2.92. The number of para-hydroxylation sites is 1. The molecule has 1 aromatic rings. The Hall–Kier alpha value is -1.22. The maximum atomic E-state index is 10.1. The Balaban J connectivity index is 1.70. The van der Waals surface area contributed by atoms with E-state index in [1.165, 1.54) is 32.4 Å². The summed E-state index contributed by atoms with van der Waals surface area (Å²) in [6.07, 6.45) is 4.20. The third-order valence-electron chi connectivity index (χ3n) is 4.50. The van der Waals surface area contributed by atoms with Crippen molar-refractivity contribution in [2.45, 2.75) is 25.8 Å². The number of methoxy groups -OCH3 is 1. The molecular formula is C15H21NO2. The van der Waals surface area contributed by atoms with E-state index in [0.29, 0.717) is 11.5 Å². The number of hydrogen-bond donors (Lipinski definition) is 1. The van der Waals surface area contributed by atoms with Gasteiger partial charge in [0.05, 0.1) is 7.11 Å². The SMILES string of the molecule is COc1cccc(CN2CC3CCCC3C2)c1O. The number of likely N-dealkylation sites (tertiary alicyclic amines) is 1. The van der Waals surface area contributed by atoms with E-state index in [1.54, 1.807) is 13.2 Å². The summed E-state index contributed by atoms with van der Waals surface area (Å²) in [5.74, 6) is 2.68. The van der Waals surface area contributed by atoms with Crippen molar-refractivity contribution >= 4 is 0 Å². The second-order valence-electron chi connectivity index (χ2n) is 5.61. The highest BCUT2D eigenvalue weighted by molar-refractivity contribution is 5.45. The first kappa shape index (κ1) is 11.8. The molecule has 0 radical (unpaired) electrons. The van der Waals surface area contributed by atoms with Crippen molar-refractivity contribution in [3.05, 3.63) is 23.8 Å². The molecular weight excluding hydrogens is 226 g/mol. The van der Waals surface area contributed by atoms with E-state index >= 15 is 0 Å². The lowest BCUT2D eigenvalue weighted by atomic mass is 10.0. The van der Waals surface area contributed by atoms with Gasteiger partial charge in [-0.3, -0.25) is 4.90 Å². The largest absolute Gasteiger partial charge is 0.504 e. The summed E-state index contributed by atoms with van der Waals surface area (Å²) in [5.41, 5.74) is 0.981. The monoisotopic (exact) mass is 247 g/mol. The van der Waals surface area contributed by atoms with Crippen LogP contribution in [0.1, 0.15) is 24.8 Å². The van der Waals surface area contributed by atoms with E-state index in [2.05, 4.69) is 4.90 Å². The number of ether oxygens (including phenoxy) is 1. The predicted molar refractivity (Wildman–Crippen MR) is 70.8 cm³/mol. The lowest BCUT2D eigenvalue weighted by Gasteiger charge is -2.18. The topological polar surface area (TPSA) is 32.7 Å². The van der Waals surface area contributed by atoms with Gasteiger partial charge >= 0.3 is 0 Å². The molecule has 1 saturated carbocycles. The molecule has 0 amide bonds. The zero-order valence-corrected chi connectivity index (χ0v) is 10.9. The van der Waals surface area contributed by atoms with Gasteiger partial charge in [-0.15, -0.1) is 0 Å². The highest BCUT2D eigenvalue weighted by Crippen LogP contribution is 2.39. The van der Waals surface area contributed by atoms with Crippen LogP contribution in [0.3, 0.4) is 0 Å². The lowest BCUT2D eigenvalue weighted by Crippen LogP contribution is -2.21. The quantitative estimate of drug-likeness (QED) is 0.891. The molecule has 1 heterocycles. The van der Waals surface area contributed by atoms with E-state index in [4.69, 9.17) is 4.74 Å². The van der Waals surface area contributed by atoms with Crippen molar-refractivity contribution in [1.29, 1.82) is 0 Å². The zero-order chi connectivity index (χ0) is 12.5. The van der Waals surface area contributed by atoms with Gasteiger partial charge in [-0.25, -0.2) is 0 Å². The Bertz CT molecular complexity index is 421. The molecule has 3 rings (SSSR count). The fraction of sp³-hybridized carbons (Fsp3) is 0.600. The lowest BCUT2D eigenvalue weighted by molar-refractivity contribution is 0.295. The molecule has 2 atom stereocenters. The number of fused-ring (bicyclic) bond motifs is 1. The standard InChI is InChI=1S/C15H21NO2/c1-18-14-7-3-6-13(15(14)17)10-16-8-11-4-2-5-12(11)9-16/h3,6-7,11-12,17H,2,4-5,8-10H2,1H3. The fourth-order valence-corrected chi connectivity index (χ4v) is 3.56. The van der Waals surface area contributed by atoms with E-state index in [-0.39, 0.29) is 0 Å². The van der Waals surface area contributed by atoms with Crippen LogP contribution in [-0.4, -0.2) is 30.2 Å². The zero-order valence-electron chi connectivity index (χ0n) is 10.9. The Morgan fingerprint density at radius 1 is 1.28 bits per heavy atom. The minimum absolute atomic E-state index is 0.303. The van der Waals surface area contributed by atoms with Crippen LogP contribution in [0.15, 0.2) is 18.2 Å². The molecule has 2 aliphatic rings.